The molecule has 0 aliphatic rings. The highest BCUT2D eigenvalue weighted by Gasteiger charge is 2.31. The number of rotatable bonds is 0. The third kappa shape index (κ3) is 1.54. The Kier molecular flexibility index (Phi) is 2.18. The quantitative estimate of drug-likeness (QED) is 0.458. The molecule has 0 saturated heterocycles. The van der Waals surface area contributed by atoms with E-state index in [1.54, 1.807) is 4.40 Å². The van der Waals surface area contributed by atoms with Gasteiger partial charge in [-0.2, -0.15) is 13.2 Å². The zero-order chi connectivity index (χ0) is 13.9. The molecule has 0 saturated carbocycles. The number of aromatic nitrogens is 2. The Morgan fingerprint density at radius 1 is 1.00 bits per heavy atom. The molecule has 6 heteroatoms. The summed E-state index contributed by atoms with van der Waals surface area (Å²) in [6, 6.07) is 11.2. The van der Waals surface area contributed by atoms with Crippen LogP contribution in [0.3, 0.4) is 0 Å². The van der Waals surface area contributed by atoms with Crippen molar-refractivity contribution in [3.8, 4) is 0 Å². The first kappa shape index (κ1) is 11.7. The number of para-hydroxylation sites is 2. The van der Waals surface area contributed by atoms with Gasteiger partial charge in [0.05, 0.1) is 26.8 Å². The van der Waals surface area contributed by atoms with E-state index in [-0.39, 0.29) is 0 Å². The second-order valence-electron chi connectivity index (χ2n) is 4.50. The van der Waals surface area contributed by atoms with Gasteiger partial charge in [0.15, 0.2) is 4.96 Å². The lowest BCUT2D eigenvalue weighted by Crippen LogP contribution is -2.04. The van der Waals surface area contributed by atoms with Crippen molar-refractivity contribution in [2.75, 3.05) is 0 Å². The Labute approximate surface area is 115 Å². The third-order valence-electron chi connectivity index (χ3n) is 3.26. The maximum absolute atomic E-state index is 12.8. The predicted octanol–water partition coefficient (Wildman–Crippen LogP) is 4.72. The lowest BCUT2D eigenvalue weighted by Gasteiger charge is -2.06. The normalized spacial score (nSPS) is 12.8. The van der Waals surface area contributed by atoms with E-state index >= 15 is 0 Å². The minimum absolute atomic E-state index is 0.550. The number of hydrogen-bond donors (Lipinski definition) is 0. The van der Waals surface area contributed by atoms with Gasteiger partial charge in [-0.1, -0.05) is 23.5 Å². The summed E-state index contributed by atoms with van der Waals surface area (Å²) >= 11 is 1.39. The van der Waals surface area contributed by atoms with Crippen molar-refractivity contribution in [3.05, 3.63) is 48.0 Å². The molecule has 0 aliphatic heterocycles. The lowest BCUT2D eigenvalue weighted by molar-refractivity contribution is -0.137. The van der Waals surface area contributed by atoms with E-state index in [2.05, 4.69) is 4.98 Å². The average molecular weight is 292 g/mol. The third-order valence-corrected chi connectivity index (χ3v) is 4.28. The Morgan fingerprint density at radius 2 is 1.80 bits per heavy atom. The van der Waals surface area contributed by atoms with Crippen LogP contribution in [0.4, 0.5) is 13.2 Å². The first-order valence-corrected chi connectivity index (χ1v) is 6.73. The van der Waals surface area contributed by atoms with Gasteiger partial charge < -0.3 is 0 Å². The van der Waals surface area contributed by atoms with E-state index in [0.29, 0.717) is 10.5 Å². The summed E-state index contributed by atoms with van der Waals surface area (Å²) in [6.45, 7) is 0. The second kappa shape index (κ2) is 3.73. The van der Waals surface area contributed by atoms with Gasteiger partial charge in [-0.3, -0.25) is 4.40 Å². The smallest absolute Gasteiger partial charge is 0.283 e. The molecule has 0 N–H and O–H groups in total. The Balaban J connectivity index is 2.16. The number of hydrogen-bond acceptors (Lipinski definition) is 2. The zero-order valence-electron chi connectivity index (χ0n) is 9.98. The molecule has 0 fully saturated rings. The van der Waals surface area contributed by atoms with Crippen LogP contribution in [0.15, 0.2) is 42.5 Å². The van der Waals surface area contributed by atoms with E-state index in [1.165, 1.54) is 23.5 Å². The molecule has 0 atom stereocenters. The molecule has 2 aromatic heterocycles. The SMILES string of the molecule is FC(F)(F)c1ccc2sc3nc4ccccc4n3c2c1. The molecule has 100 valence electrons. The van der Waals surface area contributed by atoms with Gasteiger partial charge >= 0.3 is 6.18 Å². The summed E-state index contributed by atoms with van der Waals surface area (Å²) in [5, 5.41) is 0. The number of nitrogens with zero attached hydrogens (tertiary/aromatic N) is 2. The molecule has 0 bridgehead atoms. The summed E-state index contributed by atoms with van der Waals surface area (Å²) in [4.78, 5) is 5.15. The van der Waals surface area contributed by atoms with Crippen LogP contribution in [0.25, 0.3) is 26.2 Å². The van der Waals surface area contributed by atoms with Gasteiger partial charge in [0, 0.05) is 0 Å². The molecule has 0 radical (unpaired) electrons. The van der Waals surface area contributed by atoms with Gasteiger partial charge in [0.2, 0.25) is 0 Å². The summed E-state index contributed by atoms with van der Waals surface area (Å²) < 4.78 is 41.1. The molecule has 4 aromatic rings. The molecule has 2 heterocycles. The number of benzene rings is 2. The van der Waals surface area contributed by atoms with Gasteiger partial charge in [-0.15, -0.1) is 0 Å². The first-order chi connectivity index (χ1) is 9.54. The molecule has 0 amide bonds. The fourth-order valence-electron chi connectivity index (χ4n) is 2.36. The minimum Gasteiger partial charge on any atom is -0.283 e. The highest BCUT2D eigenvalue weighted by atomic mass is 32.1. The maximum Gasteiger partial charge on any atom is 0.416 e. The number of halogens is 3. The molecular weight excluding hydrogens is 285 g/mol. The highest BCUT2D eigenvalue weighted by Crippen LogP contribution is 2.35. The van der Waals surface area contributed by atoms with Gasteiger partial charge in [0.1, 0.15) is 0 Å². The van der Waals surface area contributed by atoms with Crippen molar-refractivity contribution in [2.24, 2.45) is 0 Å². The molecule has 20 heavy (non-hydrogen) atoms. The zero-order valence-corrected chi connectivity index (χ0v) is 10.8. The van der Waals surface area contributed by atoms with Crippen molar-refractivity contribution in [1.29, 1.82) is 0 Å². The molecule has 0 aliphatic carbocycles. The van der Waals surface area contributed by atoms with Gasteiger partial charge in [0.25, 0.3) is 0 Å². The Hall–Kier alpha value is -2.08. The monoisotopic (exact) mass is 292 g/mol. The molecule has 2 nitrogen and oxygen atoms in total. The van der Waals surface area contributed by atoms with Gasteiger partial charge in [-0.05, 0) is 30.3 Å². The van der Waals surface area contributed by atoms with Crippen molar-refractivity contribution in [3.63, 3.8) is 0 Å². The van der Waals surface area contributed by atoms with Gasteiger partial charge in [-0.25, -0.2) is 4.98 Å². The van der Waals surface area contributed by atoms with Crippen molar-refractivity contribution >= 4 is 37.5 Å². The summed E-state index contributed by atoms with van der Waals surface area (Å²) in [5.74, 6) is 0. The standard InChI is InChI=1S/C14H7F3N2S/c15-14(16,17)8-5-6-12-11(7-8)19-10-4-2-1-3-9(10)18-13(19)20-12/h1-7H. The second-order valence-corrected chi connectivity index (χ2v) is 5.51. The number of imidazole rings is 1. The summed E-state index contributed by atoms with van der Waals surface area (Å²) in [7, 11) is 0. The topological polar surface area (TPSA) is 17.3 Å². The van der Waals surface area contributed by atoms with E-state index < -0.39 is 11.7 Å². The average Bonchev–Trinajstić information content (AvgIpc) is 2.91. The first-order valence-electron chi connectivity index (χ1n) is 5.91. The van der Waals surface area contributed by atoms with Crippen molar-refractivity contribution in [1.82, 2.24) is 9.38 Å². The Morgan fingerprint density at radius 3 is 2.60 bits per heavy atom. The number of alkyl halides is 3. The number of thiazole rings is 1. The van der Waals surface area contributed by atoms with E-state index in [1.807, 2.05) is 24.3 Å². The van der Waals surface area contributed by atoms with Crippen LogP contribution in [0.5, 0.6) is 0 Å². The fourth-order valence-corrected chi connectivity index (χ4v) is 3.38. The number of fused-ring (bicyclic) bond motifs is 5. The summed E-state index contributed by atoms with van der Waals surface area (Å²) in [6.07, 6.45) is -4.33. The van der Waals surface area contributed by atoms with Crippen LogP contribution in [-0.4, -0.2) is 9.38 Å². The van der Waals surface area contributed by atoms with Crippen LogP contribution in [0.2, 0.25) is 0 Å². The van der Waals surface area contributed by atoms with Crippen LogP contribution >= 0.6 is 11.3 Å². The lowest BCUT2D eigenvalue weighted by atomic mass is 10.2. The molecule has 4 rings (SSSR count). The fraction of sp³-hybridized carbons (Fsp3) is 0.0714. The minimum atomic E-state index is -4.33. The van der Waals surface area contributed by atoms with E-state index in [0.717, 1.165) is 21.8 Å². The van der Waals surface area contributed by atoms with E-state index in [9.17, 15) is 13.2 Å². The van der Waals surface area contributed by atoms with Crippen LogP contribution in [0.1, 0.15) is 5.56 Å². The molecule has 0 unspecified atom stereocenters. The van der Waals surface area contributed by atoms with Crippen LogP contribution < -0.4 is 0 Å². The van der Waals surface area contributed by atoms with Crippen LogP contribution in [0, 0.1) is 0 Å². The van der Waals surface area contributed by atoms with E-state index in [4.69, 9.17) is 0 Å². The Bertz CT molecular complexity index is 949. The molecule has 0 spiro atoms. The van der Waals surface area contributed by atoms with Crippen LogP contribution in [-0.2, 0) is 6.18 Å². The van der Waals surface area contributed by atoms with Crippen molar-refractivity contribution in [2.45, 2.75) is 6.18 Å². The van der Waals surface area contributed by atoms with Crippen molar-refractivity contribution < 1.29 is 13.2 Å². The molecule has 2 aromatic carbocycles. The predicted molar refractivity (Wildman–Crippen MR) is 73.1 cm³/mol. The molecular formula is C14H7F3N2S. The summed E-state index contributed by atoms with van der Waals surface area (Å²) in [5.41, 5.74) is 1.53. The largest absolute Gasteiger partial charge is 0.416 e. The maximum atomic E-state index is 12.8. The highest BCUT2D eigenvalue weighted by molar-refractivity contribution is 7.23.